The number of pyridine rings is 1. The molecule has 3 heteroatoms. The van der Waals surface area contributed by atoms with Crippen LogP contribution >= 0.6 is 0 Å². The van der Waals surface area contributed by atoms with Gasteiger partial charge in [0, 0.05) is 25.3 Å². The van der Waals surface area contributed by atoms with Gasteiger partial charge in [-0.25, -0.2) is 4.98 Å². The van der Waals surface area contributed by atoms with Crippen molar-refractivity contribution in [1.29, 1.82) is 0 Å². The molecule has 0 spiro atoms. The lowest BCUT2D eigenvalue weighted by Crippen LogP contribution is -2.35. The summed E-state index contributed by atoms with van der Waals surface area (Å²) in [7, 11) is 0. The van der Waals surface area contributed by atoms with Crippen LogP contribution in [0.3, 0.4) is 0 Å². The molecule has 1 saturated heterocycles. The molecule has 1 atom stereocenters. The van der Waals surface area contributed by atoms with Gasteiger partial charge in [-0.15, -0.1) is 0 Å². The maximum absolute atomic E-state index is 5.70. The molecule has 0 radical (unpaired) electrons. The third kappa shape index (κ3) is 2.48. The Balaban J connectivity index is 1.83. The highest BCUT2D eigenvalue weighted by Crippen LogP contribution is 2.37. The Labute approximate surface area is 116 Å². The van der Waals surface area contributed by atoms with Crippen molar-refractivity contribution >= 4 is 5.82 Å². The predicted octanol–water partition coefficient (Wildman–Crippen LogP) is 3.01. The van der Waals surface area contributed by atoms with Crippen LogP contribution in [-0.2, 0) is 6.54 Å². The van der Waals surface area contributed by atoms with E-state index in [1.54, 1.807) is 0 Å². The van der Waals surface area contributed by atoms with Gasteiger partial charge >= 0.3 is 0 Å². The molecule has 2 fully saturated rings. The van der Waals surface area contributed by atoms with Gasteiger partial charge in [0.25, 0.3) is 0 Å². The Morgan fingerprint density at radius 2 is 2.05 bits per heavy atom. The fourth-order valence-corrected chi connectivity index (χ4v) is 3.93. The number of hydrogen-bond acceptors (Lipinski definition) is 3. The smallest absolute Gasteiger partial charge is 0.131 e. The van der Waals surface area contributed by atoms with Crippen LogP contribution < -0.4 is 10.6 Å². The second-order valence-electron chi connectivity index (χ2n) is 6.14. The molecule has 2 aliphatic rings. The average Bonchev–Trinajstić information content (AvgIpc) is 3.08. The van der Waals surface area contributed by atoms with Crippen molar-refractivity contribution in [1.82, 2.24) is 4.98 Å². The molecule has 3 nitrogen and oxygen atoms in total. The van der Waals surface area contributed by atoms with Crippen LogP contribution in [0.1, 0.15) is 49.7 Å². The van der Waals surface area contributed by atoms with E-state index in [4.69, 9.17) is 10.7 Å². The first-order valence-electron chi connectivity index (χ1n) is 7.72. The zero-order valence-electron chi connectivity index (χ0n) is 11.9. The first-order chi connectivity index (χ1) is 9.29. The third-order valence-corrected chi connectivity index (χ3v) is 4.86. The summed E-state index contributed by atoms with van der Waals surface area (Å²) in [6, 6.07) is 2.93. The van der Waals surface area contributed by atoms with Crippen LogP contribution in [-0.4, -0.2) is 17.6 Å². The van der Waals surface area contributed by atoms with Crippen molar-refractivity contribution in [3.8, 4) is 0 Å². The molecular weight excluding hydrogens is 234 g/mol. The monoisotopic (exact) mass is 259 g/mol. The normalized spacial score (nSPS) is 24.3. The Morgan fingerprint density at radius 1 is 1.26 bits per heavy atom. The molecule has 1 saturated carbocycles. The van der Waals surface area contributed by atoms with E-state index in [0.717, 1.165) is 17.5 Å². The molecule has 2 heterocycles. The Kier molecular flexibility index (Phi) is 3.74. The second kappa shape index (κ2) is 5.49. The maximum atomic E-state index is 5.70. The van der Waals surface area contributed by atoms with Crippen molar-refractivity contribution in [3.63, 3.8) is 0 Å². The predicted molar refractivity (Wildman–Crippen MR) is 79.2 cm³/mol. The van der Waals surface area contributed by atoms with Gasteiger partial charge < -0.3 is 10.6 Å². The van der Waals surface area contributed by atoms with Crippen LogP contribution in [0.4, 0.5) is 5.82 Å². The molecule has 1 unspecified atom stereocenters. The summed E-state index contributed by atoms with van der Waals surface area (Å²) in [6.45, 7) is 3.93. The fourth-order valence-electron chi connectivity index (χ4n) is 3.93. The highest BCUT2D eigenvalue weighted by atomic mass is 15.2. The van der Waals surface area contributed by atoms with Crippen molar-refractivity contribution in [3.05, 3.63) is 23.4 Å². The number of aromatic nitrogens is 1. The minimum atomic E-state index is 0.584. The summed E-state index contributed by atoms with van der Waals surface area (Å²) in [5.74, 6) is 2.10. The molecule has 104 valence electrons. The minimum Gasteiger partial charge on any atom is -0.353 e. The summed E-state index contributed by atoms with van der Waals surface area (Å²) < 4.78 is 0. The van der Waals surface area contributed by atoms with Crippen LogP contribution in [0, 0.1) is 12.8 Å². The van der Waals surface area contributed by atoms with E-state index in [1.165, 1.54) is 56.5 Å². The van der Waals surface area contributed by atoms with E-state index in [9.17, 15) is 0 Å². The second-order valence-corrected chi connectivity index (χ2v) is 6.14. The van der Waals surface area contributed by atoms with Gasteiger partial charge in [-0.05, 0) is 55.7 Å². The van der Waals surface area contributed by atoms with Gasteiger partial charge in [0.2, 0.25) is 0 Å². The topological polar surface area (TPSA) is 42.1 Å². The van der Waals surface area contributed by atoms with Crippen molar-refractivity contribution in [2.75, 3.05) is 11.4 Å². The molecule has 0 bridgehead atoms. The first-order valence-corrected chi connectivity index (χ1v) is 7.72. The van der Waals surface area contributed by atoms with Crippen molar-refractivity contribution in [2.45, 2.75) is 58.0 Å². The lowest BCUT2D eigenvalue weighted by atomic mass is 9.96. The zero-order chi connectivity index (χ0) is 13.2. The molecule has 1 aromatic rings. The van der Waals surface area contributed by atoms with Crippen LogP contribution in [0.15, 0.2) is 12.3 Å². The van der Waals surface area contributed by atoms with Crippen molar-refractivity contribution in [2.24, 2.45) is 11.7 Å². The number of rotatable bonds is 3. The highest BCUT2D eigenvalue weighted by Gasteiger charge is 2.34. The zero-order valence-corrected chi connectivity index (χ0v) is 11.9. The molecule has 1 aromatic heterocycles. The summed E-state index contributed by atoms with van der Waals surface area (Å²) in [4.78, 5) is 7.27. The van der Waals surface area contributed by atoms with Crippen LogP contribution in [0.2, 0.25) is 0 Å². The van der Waals surface area contributed by atoms with E-state index in [2.05, 4.69) is 17.9 Å². The molecule has 2 N–H and O–H groups in total. The third-order valence-electron chi connectivity index (χ3n) is 4.86. The fraction of sp³-hybridized carbons (Fsp3) is 0.688. The van der Waals surface area contributed by atoms with Crippen LogP contribution in [0.25, 0.3) is 0 Å². The summed E-state index contributed by atoms with van der Waals surface area (Å²) in [5, 5.41) is 0. The molecule has 0 amide bonds. The van der Waals surface area contributed by atoms with Gasteiger partial charge in [0.1, 0.15) is 5.82 Å². The summed E-state index contributed by atoms with van der Waals surface area (Å²) >= 11 is 0. The molecule has 1 aliphatic heterocycles. The lowest BCUT2D eigenvalue weighted by Gasteiger charge is -2.31. The number of aryl methyl sites for hydroxylation is 1. The van der Waals surface area contributed by atoms with Gasteiger partial charge in [0.15, 0.2) is 0 Å². The maximum Gasteiger partial charge on any atom is 0.131 e. The van der Waals surface area contributed by atoms with E-state index < -0.39 is 0 Å². The number of hydrogen-bond donors (Lipinski definition) is 1. The van der Waals surface area contributed by atoms with E-state index in [1.807, 2.05) is 6.20 Å². The van der Waals surface area contributed by atoms with E-state index >= 15 is 0 Å². The van der Waals surface area contributed by atoms with E-state index in [0.29, 0.717) is 6.54 Å². The Morgan fingerprint density at radius 3 is 2.74 bits per heavy atom. The Bertz CT molecular complexity index is 438. The summed E-state index contributed by atoms with van der Waals surface area (Å²) in [5.41, 5.74) is 8.12. The van der Waals surface area contributed by atoms with Crippen molar-refractivity contribution < 1.29 is 0 Å². The largest absolute Gasteiger partial charge is 0.353 e. The molecule has 19 heavy (non-hydrogen) atoms. The number of nitrogens with zero attached hydrogens (tertiary/aromatic N) is 2. The summed E-state index contributed by atoms with van der Waals surface area (Å²) in [6.07, 6.45) is 10.3. The molecule has 1 aliphatic carbocycles. The van der Waals surface area contributed by atoms with Gasteiger partial charge in [-0.3, -0.25) is 0 Å². The lowest BCUT2D eigenvalue weighted by molar-refractivity contribution is 0.429. The Hall–Kier alpha value is -1.09. The molecule has 0 aromatic carbocycles. The highest BCUT2D eigenvalue weighted by molar-refractivity contribution is 5.49. The average molecular weight is 259 g/mol. The van der Waals surface area contributed by atoms with Crippen LogP contribution in [0.5, 0.6) is 0 Å². The number of nitrogens with two attached hydrogens (primary N) is 1. The molecular formula is C16H25N3. The quantitative estimate of drug-likeness (QED) is 0.907. The standard InChI is InChI=1S/C16H25N3/c1-12-9-13(10-17)11-18-16(12)19-8-4-7-15(19)14-5-2-3-6-14/h9,11,14-15H,2-8,10,17H2,1H3. The minimum absolute atomic E-state index is 0.584. The first kappa shape index (κ1) is 12.9. The van der Waals surface area contributed by atoms with E-state index in [-0.39, 0.29) is 0 Å². The van der Waals surface area contributed by atoms with Gasteiger partial charge in [-0.2, -0.15) is 0 Å². The SMILES string of the molecule is Cc1cc(CN)cnc1N1CCCC1C1CCCC1. The molecule has 3 rings (SSSR count). The van der Waals surface area contributed by atoms with Gasteiger partial charge in [0.05, 0.1) is 0 Å². The van der Waals surface area contributed by atoms with Gasteiger partial charge in [-0.1, -0.05) is 12.8 Å². The number of anilines is 1.